The van der Waals surface area contributed by atoms with Crippen LogP contribution in [0.1, 0.15) is 5.56 Å². The molecule has 124 valence electrons. The van der Waals surface area contributed by atoms with Crippen molar-refractivity contribution in [2.24, 2.45) is 0 Å². The Hall–Kier alpha value is -1.25. The molecule has 0 saturated heterocycles. The van der Waals surface area contributed by atoms with Gasteiger partial charge in [0.15, 0.2) is 9.84 Å². The maximum Gasteiger partial charge on any atom is 0.230 e. The minimum atomic E-state index is -3.28. The minimum Gasteiger partial charge on any atom is -0.497 e. The highest BCUT2D eigenvalue weighted by atomic mass is 32.2. The van der Waals surface area contributed by atoms with Crippen molar-refractivity contribution in [2.45, 2.75) is 5.75 Å². The minimum absolute atomic E-state index is 0.0737. The van der Waals surface area contributed by atoms with E-state index in [-0.39, 0.29) is 29.7 Å². The SMILES string of the molecule is COc1ccc(CSCC(=O)NCCS(=O)(=O)CCO)cc1. The summed E-state index contributed by atoms with van der Waals surface area (Å²) in [5.74, 6) is 1.14. The van der Waals surface area contributed by atoms with Crippen LogP contribution < -0.4 is 10.1 Å². The van der Waals surface area contributed by atoms with E-state index < -0.39 is 16.4 Å². The third-order valence-corrected chi connectivity index (χ3v) is 5.43. The van der Waals surface area contributed by atoms with Crippen LogP contribution in [0.5, 0.6) is 5.75 Å². The highest BCUT2D eigenvalue weighted by Crippen LogP contribution is 2.16. The van der Waals surface area contributed by atoms with Gasteiger partial charge in [0.1, 0.15) is 5.75 Å². The van der Waals surface area contributed by atoms with Crippen molar-refractivity contribution >= 4 is 27.5 Å². The number of carbonyl (C=O) groups is 1. The number of methoxy groups -OCH3 is 1. The zero-order valence-corrected chi connectivity index (χ0v) is 14.1. The van der Waals surface area contributed by atoms with Crippen LogP contribution in [0.15, 0.2) is 24.3 Å². The van der Waals surface area contributed by atoms with Crippen molar-refractivity contribution < 1.29 is 23.1 Å². The van der Waals surface area contributed by atoms with Crippen molar-refractivity contribution in [3.63, 3.8) is 0 Å². The van der Waals surface area contributed by atoms with E-state index in [4.69, 9.17) is 9.84 Å². The summed E-state index contributed by atoms with van der Waals surface area (Å²) in [5.41, 5.74) is 1.09. The van der Waals surface area contributed by atoms with E-state index in [1.807, 2.05) is 24.3 Å². The number of sulfone groups is 1. The molecule has 0 atom stereocenters. The Morgan fingerprint density at radius 2 is 1.95 bits per heavy atom. The summed E-state index contributed by atoms with van der Waals surface area (Å²) >= 11 is 1.45. The van der Waals surface area contributed by atoms with Crippen molar-refractivity contribution in [1.29, 1.82) is 0 Å². The fraction of sp³-hybridized carbons (Fsp3) is 0.500. The molecule has 0 unspecified atom stereocenters. The van der Waals surface area contributed by atoms with Gasteiger partial charge in [0.05, 0.1) is 31.0 Å². The largest absolute Gasteiger partial charge is 0.497 e. The Labute approximate surface area is 135 Å². The molecule has 1 aromatic rings. The molecule has 0 aliphatic carbocycles. The summed E-state index contributed by atoms with van der Waals surface area (Å²) in [7, 11) is -1.67. The van der Waals surface area contributed by atoms with Gasteiger partial charge < -0.3 is 15.2 Å². The first-order chi connectivity index (χ1) is 10.5. The fourth-order valence-corrected chi connectivity index (χ4v) is 3.33. The zero-order valence-electron chi connectivity index (χ0n) is 12.4. The molecule has 0 saturated carbocycles. The van der Waals surface area contributed by atoms with Crippen molar-refractivity contribution in [1.82, 2.24) is 5.32 Å². The lowest BCUT2D eigenvalue weighted by atomic mass is 10.2. The van der Waals surface area contributed by atoms with Gasteiger partial charge in [-0.3, -0.25) is 4.79 Å². The maximum atomic E-state index is 11.6. The molecule has 0 fully saturated rings. The van der Waals surface area contributed by atoms with E-state index in [0.717, 1.165) is 11.3 Å². The second-order valence-electron chi connectivity index (χ2n) is 4.57. The van der Waals surface area contributed by atoms with Gasteiger partial charge >= 0.3 is 0 Å². The molecule has 0 heterocycles. The van der Waals surface area contributed by atoms with Crippen LogP contribution in [-0.4, -0.2) is 57.0 Å². The lowest BCUT2D eigenvalue weighted by molar-refractivity contribution is -0.118. The summed E-state index contributed by atoms with van der Waals surface area (Å²) in [5, 5.41) is 11.2. The zero-order chi connectivity index (χ0) is 16.4. The molecule has 0 aromatic heterocycles. The Morgan fingerprint density at radius 3 is 2.55 bits per heavy atom. The predicted molar refractivity (Wildman–Crippen MR) is 87.9 cm³/mol. The molecular weight excluding hydrogens is 326 g/mol. The van der Waals surface area contributed by atoms with E-state index in [0.29, 0.717) is 5.75 Å². The average molecular weight is 347 g/mol. The van der Waals surface area contributed by atoms with Crippen molar-refractivity contribution in [2.75, 3.05) is 37.5 Å². The van der Waals surface area contributed by atoms with Gasteiger partial charge in [-0.2, -0.15) is 0 Å². The van der Waals surface area contributed by atoms with Gasteiger partial charge in [-0.05, 0) is 17.7 Å². The van der Waals surface area contributed by atoms with E-state index in [1.54, 1.807) is 7.11 Å². The maximum absolute atomic E-state index is 11.6. The molecule has 0 spiro atoms. The van der Waals surface area contributed by atoms with Gasteiger partial charge in [-0.25, -0.2) is 8.42 Å². The smallest absolute Gasteiger partial charge is 0.230 e. The molecule has 6 nitrogen and oxygen atoms in total. The number of aliphatic hydroxyl groups is 1. The number of benzene rings is 1. The van der Waals surface area contributed by atoms with E-state index in [9.17, 15) is 13.2 Å². The summed E-state index contributed by atoms with van der Waals surface area (Å²) in [4.78, 5) is 11.6. The third-order valence-electron chi connectivity index (χ3n) is 2.80. The number of carbonyl (C=O) groups excluding carboxylic acids is 1. The first-order valence-electron chi connectivity index (χ1n) is 6.75. The topological polar surface area (TPSA) is 92.7 Å². The monoisotopic (exact) mass is 347 g/mol. The fourth-order valence-electron chi connectivity index (χ4n) is 1.62. The van der Waals surface area contributed by atoms with E-state index >= 15 is 0 Å². The normalized spacial score (nSPS) is 11.2. The Bertz CT molecular complexity index is 557. The molecule has 1 rings (SSSR count). The molecule has 2 N–H and O–H groups in total. The lowest BCUT2D eigenvalue weighted by Crippen LogP contribution is -2.31. The molecular formula is C14H21NO5S2. The number of rotatable bonds is 10. The standard InChI is InChI=1S/C14H21NO5S2/c1-20-13-4-2-12(3-5-13)10-21-11-14(17)15-6-8-22(18,19)9-7-16/h2-5,16H,6-11H2,1H3,(H,15,17). The highest BCUT2D eigenvalue weighted by molar-refractivity contribution is 7.99. The molecule has 1 amide bonds. The van der Waals surface area contributed by atoms with Gasteiger partial charge in [-0.1, -0.05) is 12.1 Å². The second-order valence-corrected chi connectivity index (χ2v) is 7.86. The van der Waals surface area contributed by atoms with Crippen molar-refractivity contribution in [3.8, 4) is 5.75 Å². The van der Waals surface area contributed by atoms with Crippen LogP contribution in [0.3, 0.4) is 0 Å². The molecule has 0 bridgehead atoms. The van der Waals surface area contributed by atoms with Crippen LogP contribution in [0.25, 0.3) is 0 Å². The van der Waals surface area contributed by atoms with Crippen LogP contribution in [-0.2, 0) is 20.4 Å². The number of hydrogen-bond donors (Lipinski definition) is 2. The Morgan fingerprint density at radius 1 is 1.27 bits per heavy atom. The van der Waals surface area contributed by atoms with Gasteiger partial charge in [0.25, 0.3) is 0 Å². The molecule has 8 heteroatoms. The van der Waals surface area contributed by atoms with Gasteiger partial charge in [0.2, 0.25) is 5.91 Å². The van der Waals surface area contributed by atoms with Gasteiger partial charge in [0, 0.05) is 12.3 Å². The molecule has 1 aromatic carbocycles. The molecule has 0 radical (unpaired) electrons. The highest BCUT2D eigenvalue weighted by Gasteiger charge is 2.10. The number of aliphatic hydroxyl groups excluding tert-OH is 1. The third kappa shape index (κ3) is 7.67. The van der Waals surface area contributed by atoms with E-state index in [1.165, 1.54) is 11.8 Å². The summed E-state index contributed by atoms with van der Waals surface area (Å²) in [6.07, 6.45) is 0. The lowest BCUT2D eigenvalue weighted by Gasteiger charge is -2.06. The predicted octanol–water partition coefficient (Wildman–Crippen LogP) is 0.452. The average Bonchev–Trinajstić information content (AvgIpc) is 2.47. The van der Waals surface area contributed by atoms with E-state index in [2.05, 4.69) is 5.32 Å². The second kappa shape index (κ2) is 9.70. The number of nitrogens with one attached hydrogen (secondary N) is 1. The Kier molecular flexibility index (Phi) is 8.29. The Balaban J connectivity index is 2.20. The summed E-state index contributed by atoms with van der Waals surface area (Å²) < 4.78 is 27.7. The summed E-state index contributed by atoms with van der Waals surface area (Å²) in [6.45, 7) is -0.321. The van der Waals surface area contributed by atoms with Crippen molar-refractivity contribution in [3.05, 3.63) is 29.8 Å². The number of ether oxygens (including phenoxy) is 1. The quantitative estimate of drug-likeness (QED) is 0.638. The number of amides is 1. The van der Waals surface area contributed by atoms with Crippen LogP contribution >= 0.6 is 11.8 Å². The molecule has 0 aliphatic heterocycles. The number of hydrogen-bond acceptors (Lipinski definition) is 6. The number of thioether (sulfide) groups is 1. The molecule has 0 aliphatic rings. The first kappa shape index (κ1) is 18.8. The first-order valence-corrected chi connectivity index (χ1v) is 9.73. The summed E-state index contributed by atoms with van der Waals surface area (Å²) in [6, 6.07) is 7.60. The van der Waals surface area contributed by atoms with Crippen LogP contribution in [0, 0.1) is 0 Å². The van der Waals surface area contributed by atoms with Crippen LogP contribution in [0.4, 0.5) is 0 Å². The van der Waals surface area contributed by atoms with Gasteiger partial charge in [-0.15, -0.1) is 11.8 Å². The molecule has 22 heavy (non-hydrogen) atoms. The van der Waals surface area contributed by atoms with Crippen LogP contribution in [0.2, 0.25) is 0 Å².